The minimum absolute atomic E-state index is 0.621. The third-order valence-corrected chi connectivity index (χ3v) is 3.37. The monoisotopic (exact) mass is 249 g/mol. The number of piperazine rings is 1. The van der Waals surface area contributed by atoms with E-state index >= 15 is 0 Å². The molecule has 1 aromatic rings. The van der Waals surface area contributed by atoms with E-state index in [1.54, 1.807) is 0 Å². The fourth-order valence-corrected chi connectivity index (χ4v) is 2.23. The SMILES string of the molecule is NC(=S)CCN1CCN(c2ccccc2)CC1. The molecule has 0 amide bonds. The molecule has 1 heterocycles. The molecule has 0 aromatic heterocycles. The first-order valence-electron chi connectivity index (χ1n) is 6.06. The number of anilines is 1. The molecule has 0 saturated carbocycles. The normalized spacial score (nSPS) is 17.1. The van der Waals surface area contributed by atoms with Crippen LogP contribution in [0.5, 0.6) is 0 Å². The van der Waals surface area contributed by atoms with Gasteiger partial charge in [0, 0.05) is 44.8 Å². The molecular formula is C13H19N3S. The highest BCUT2D eigenvalue weighted by Gasteiger charge is 2.16. The van der Waals surface area contributed by atoms with Gasteiger partial charge in [-0.15, -0.1) is 0 Å². The number of hydrogen-bond acceptors (Lipinski definition) is 3. The molecule has 3 nitrogen and oxygen atoms in total. The molecule has 92 valence electrons. The Morgan fingerprint density at radius 1 is 1.12 bits per heavy atom. The average Bonchev–Trinajstić information content (AvgIpc) is 2.38. The minimum atomic E-state index is 0.621. The molecule has 0 aliphatic carbocycles. The summed E-state index contributed by atoms with van der Waals surface area (Å²) in [6.45, 7) is 5.36. The maximum atomic E-state index is 5.52. The lowest BCUT2D eigenvalue weighted by Gasteiger charge is -2.36. The third-order valence-electron chi connectivity index (χ3n) is 3.17. The van der Waals surface area contributed by atoms with Crippen molar-refractivity contribution in [2.75, 3.05) is 37.6 Å². The van der Waals surface area contributed by atoms with E-state index in [9.17, 15) is 0 Å². The molecule has 0 bridgehead atoms. The number of benzene rings is 1. The van der Waals surface area contributed by atoms with Gasteiger partial charge in [0.25, 0.3) is 0 Å². The highest BCUT2D eigenvalue weighted by atomic mass is 32.1. The number of rotatable bonds is 4. The molecule has 17 heavy (non-hydrogen) atoms. The predicted molar refractivity (Wildman–Crippen MR) is 76.5 cm³/mol. The zero-order valence-corrected chi connectivity index (χ0v) is 10.8. The van der Waals surface area contributed by atoms with Crippen molar-refractivity contribution < 1.29 is 0 Å². The van der Waals surface area contributed by atoms with Crippen LogP contribution in [0.3, 0.4) is 0 Å². The lowest BCUT2D eigenvalue weighted by Crippen LogP contribution is -2.47. The summed E-state index contributed by atoms with van der Waals surface area (Å²) in [4.78, 5) is 5.48. The topological polar surface area (TPSA) is 32.5 Å². The van der Waals surface area contributed by atoms with Crippen molar-refractivity contribution in [2.24, 2.45) is 5.73 Å². The molecule has 0 spiro atoms. The van der Waals surface area contributed by atoms with Crippen LogP contribution in [0, 0.1) is 0 Å². The fraction of sp³-hybridized carbons (Fsp3) is 0.462. The van der Waals surface area contributed by atoms with Crippen LogP contribution in [-0.4, -0.2) is 42.6 Å². The van der Waals surface area contributed by atoms with E-state index < -0.39 is 0 Å². The van der Waals surface area contributed by atoms with Crippen molar-refractivity contribution >= 4 is 22.9 Å². The van der Waals surface area contributed by atoms with Crippen LogP contribution in [0.25, 0.3) is 0 Å². The van der Waals surface area contributed by atoms with E-state index in [4.69, 9.17) is 18.0 Å². The first-order valence-corrected chi connectivity index (χ1v) is 6.47. The Kier molecular flexibility index (Phi) is 4.34. The van der Waals surface area contributed by atoms with Crippen LogP contribution >= 0.6 is 12.2 Å². The number of nitrogens with zero attached hydrogens (tertiary/aromatic N) is 2. The summed E-state index contributed by atoms with van der Waals surface area (Å²) in [5.41, 5.74) is 6.84. The molecule has 0 unspecified atom stereocenters. The second-order valence-electron chi connectivity index (χ2n) is 4.38. The van der Waals surface area contributed by atoms with Gasteiger partial charge in [-0.1, -0.05) is 30.4 Å². The van der Waals surface area contributed by atoms with E-state index in [0.29, 0.717) is 4.99 Å². The summed E-state index contributed by atoms with van der Waals surface area (Å²) in [5.74, 6) is 0. The van der Waals surface area contributed by atoms with Gasteiger partial charge in [-0.05, 0) is 12.1 Å². The highest BCUT2D eigenvalue weighted by Crippen LogP contribution is 2.15. The van der Waals surface area contributed by atoms with E-state index in [2.05, 4.69) is 40.1 Å². The van der Waals surface area contributed by atoms with Crippen molar-refractivity contribution in [3.8, 4) is 0 Å². The van der Waals surface area contributed by atoms with E-state index in [1.807, 2.05) is 0 Å². The quantitative estimate of drug-likeness (QED) is 0.819. The molecule has 0 radical (unpaired) electrons. The molecule has 1 aliphatic rings. The Labute approximate surface area is 108 Å². The first kappa shape index (κ1) is 12.3. The van der Waals surface area contributed by atoms with Gasteiger partial charge in [-0.2, -0.15) is 0 Å². The van der Waals surface area contributed by atoms with Crippen LogP contribution in [-0.2, 0) is 0 Å². The Bertz CT molecular complexity index is 358. The van der Waals surface area contributed by atoms with Gasteiger partial charge < -0.3 is 10.6 Å². The summed E-state index contributed by atoms with van der Waals surface area (Å²) in [5, 5.41) is 0. The molecule has 0 atom stereocenters. The summed E-state index contributed by atoms with van der Waals surface area (Å²) in [7, 11) is 0. The molecule has 1 aliphatic heterocycles. The molecular weight excluding hydrogens is 230 g/mol. The van der Waals surface area contributed by atoms with Crippen molar-refractivity contribution in [1.82, 2.24) is 4.90 Å². The zero-order chi connectivity index (χ0) is 12.1. The maximum Gasteiger partial charge on any atom is 0.0740 e. The lowest BCUT2D eigenvalue weighted by atomic mass is 10.2. The largest absolute Gasteiger partial charge is 0.393 e. The fourth-order valence-electron chi connectivity index (χ4n) is 2.14. The van der Waals surface area contributed by atoms with Crippen LogP contribution < -0.4 is 10.6 Å². The molecule has 1 saturated heterocycles. The Hall–Kier alpha value is -1.13. The number of nitrogens with two attached hydrogens (primary N) is 1. The molecule has 1 aromatic carbocycles. The van der Waals surface area contributed by atoms with Crippen LogP contribution in [0.1, 0.15) is 6.42 Å². The summed E-state index contributed by atoms with van der Waals surface area (Å²) >= 11 is 4.90. The number of para-hydroxylation sites is 1. The first-order chi connectivity index (χ1) is 8.25. The Morgan fingerprint density at radius 3 is 2.35 bits per heavy atom. The lowest BCUT2D eigenvalue weighted by molar-refractivity contribution is 0.265. The third kappa shape index (κ3) is 3.68. The van der Waals surface area contributed by atoms with E-state index in [-0.39, 0.29) is 0 Å². The van der Waals surface area contributed by atoms with Gasteiger partial charge >= 0.3 is 0 Å². The van der Waals surface area contributed by atoms with Gasteiger partial charge in [0.15, 0.2) is 0 Å². The molecule has 1 fully saturated rings. The molecule has 2 rings (SSSR count). The second kappa shape index (κ2) is 5.98. The summed E-state index contributed by atoms with van der Waals surface area (Å²) < 4.78 is 0. The van der Waals surface area contributed by atoms with E-state index in [1.165, 1.54) is 5.69 Å². The number of thiocarbonyl (C=S) groups is 1. The summed E-state index contributed by atoms with van der Waals surface area (Å²) in [6, 6.07) is 10.6. The maximum absolute atomic E-state index is 5.52. The molecule has 2 N–H and O–H groups in total. The predicted octanol–water partition coefficient (Wildman–Crippen LogP) is 1.48. The van der Waals surface area contributed by atoms with Crippen LogP contribution in [0.2, 0.25) is 0 Å². The minimum Gasteiger partial charge on any atom is -0.393 e. The van der Waals surface area contributed by atoms with Gasteiger partial charge in [-0.3, -0.25) is 4.90 Å². The average molecular weight is 249 g/mol. The molecule has 4 heteroatoms. The number of hydrogen-bond donors (Lipinski definition) is 1. The van der Waals surface area contributed by atoms with Gasteiger partial charge in [0.2, 0.25) is 0 Å². The van der Waals surface area contributed by atoms with Crippen molar-refractivity contribution in [1.29, 1.82) is 0 Å². The Morgan fingerprint density at radius 2 is 1.76 bits per heavy atom. The van der Waals surface area contributed by atoms with Crippen molar-refractivity contribution in [3.05, 3.63) is 30.3 Å². The van der Waals surface area contributed by atoms with Crippen LogP contribution in [0.4, 0.5) is 5.69 Å². The van der Waals surface area contributed by atoms with Crippen molar-refractivity contribution in [3.63, 3.8) is 0 Å². The zero-order valence-electron chi connectivity index (χ0n) is 10.0. The van der Waals surface area contributed by atoms with Gasteiger partial charge in [0.05, 0.1) is 4.99 Å². The van der Waals surface area contributed by atoms with Gasteiger partial charge in [0.1, 0.15) is 0 Å². The smallest absolute Gasteiger partial charge is 0.0740 e. The Balaban J connectivity index is 1.80. The van der Waals surface area contributed by atoms with E-state index in [0.717, 1.165) is 39.1 Å². The second-order valence-corrected chi connectivity index (χ2v) is 4.90. The highest BCUT2D eigenvalue weighted by molar-refractivity contribution is 7.80. The standard InChI is InChI=1S/C13H19N3S/c14-13(17)6-7-15-8-10-16(11-9-15)12-4-2-1-3-5-12/h1-5H,6-11H2,(H2,14,17). The van der Waals surface area contributed by atoms with Crippen LogP contribution in [0.15, 0.2) is 30.3 Å². The van der Waals surface area contributed by atoms with Gasteiger partial charge in [-0.25, -0.2) is 0 Å². The van der Waals surface area contributed by atoms with Crippen molar-refractivity contribution in [2.45, 2.75) is 6.42 Å². The summed E-state index contributed by atoms with van der Waals surface area (Å²) in [6.07, 6.45) is 0.834.